The minimum absolute atomic E-state index is 0.139. The summed E-state index contributed by atoms with van der Waals surface area (Å²) in [5.74, 6) is -1.21. The lowest BCUT2D eigenvalue weighted by atomic mass is 9.79. The highest BCUT2D eigenvalue weighted by Gasteiger charge is 2.47. The van der Waals surface area contributed by atoms with Crippen LogP contribution in [0.5, 0.6) is 0 Å². The molecule has 0 unspecified atom stereocenters. The predicted molar refractivity (Wildman–Crippen MR) is 133 cm³/mol. The van der Waals surface area contributed by atoms with Gasteiger partial charge in [-0.15, -0.1) is 10.2 Å². The molecule has 2 amide bonds. The van der Waals surface area contributed by atoms with E-state index in [4.69, 9.17) is 9.47 Å². The minimum Gasteiger partial charge on any atom is -0.465 e. The SMILES string of the molecule is CCOC(=O)C=C1SC(=NN=C2OC3(CCCCC3)C(C)=C2C(=O)NCc2ccccc2)NC1=O. The highest BCUT2D eigenvalue weighted by atomic mass is 32.2. The molecule has 4 rings (SSSR count). The summed E-state index contributed by atoms with van der Waals surface area (Å²) in [6.45, 7) is 4.19. The summed E-state index contributed by atoms with van der Waals surface area (Å²) in [4.78, 5) is 37.2. The molecule has 10 heteroatoms. The molecule has 0 bridgehead atoms. The number of amidine groups is 1. The zero-order chi connectivity index (χ0) is 24.8. The molecule has 1 aromatic carbocycles. The lowest BCUT2D eigenvalue weighted by molar-refractivity contribution is -0.137. The second-order valence-corrected chi connectivity index (χ2v) is 9.48. The van der Waals surface area contributed by atoms with Crippen molar-refractivity contribution in [3.63, 3.8) is 0 Å². The second kappa shape index (κ2) is 10.9. The maximum Gasteiger partial charge on any atom is 0.332 e. The Balaban J connectivity index is 1.57. The number of carbonyl (C=O) groups excluding carboxylic acids is 3. The number of carbonyl (C=O) groups is 3. The number of benzene rings is 1. The molecule has 9 nitrogen and oxygen atoms in total. The van der Waals surface area contributed by atoms with Crippen molar-refractivity contribution in [3.8, 4) is 0 Å². The number of ether oxygens (including phenoxy) is 2. The molecule has 2 heterocycles. The molecule has 1 saturated carbocycles. The van der Waals surface area contributed by atoms with E-state index in [1.807, 2.05) is 37.3 Å². The van der Waals surface area contributed by atoms with Gasteiger partial charge in [0.2, 0.25) is 5.90 Å². The Morgan fingerprint density at radius 2 is 1.94 bits per heavy atom. The van der Waals surface area contributed by atoms with Gasteiger partial charge in [-0.1, -0.05) is 36.8 Å². The third-order valence-corrected chi connectivity index (χ3v) is 7.07. The third kappa shape index (κ3) is 5.64. The summed E-state index contributed by atoms with van der Waals surface area (Å²) in [6, 6.07) is 9.65. The van der Waals surface area contributed by atoms with Crippen molar-refractivity contribution < 1.29 is 23.9 Å². The van der Waals surface area contributed by atoms with E-state index in [0.29, 0.717) is 12.1 Å². The van der Waals surface area contributed by atoms with Crippen molar-refractivity contribution in [3.05, 3.63) is 58.0 Å². The monoisotopic (exact) mass is 496 g/mol. The van der Waals surface area contributed by atoms with E-state index in [1.54, 1.807) is 6.92 Å². The fraction of sp³-hybridized carbons (Fsp3) is 0.400. The Bertz CT molecular complexity index is 1130. The first-order valence-corrected chi connectivity index (χ1v) is 12.5. The molecule has 184 valence electrons. The van der Waals surface area contributed by atoms with Crippen molar-refractivity contribution in [1.82, 2.24) is 10.6 Å². The van der Waals surface area contributed by atoms with Gasteiger partial charge < -0.3 is 14.8 Å². The van der Waals surface area contributed by atoms with Gasteiger partial charge in [0.1, 0.15) is 11.2 Å². The summed E-state index contributed by atoms with van der Waals surface area (Å²) in [5, 5.41) is 14.1. The molecule has 0 atom stereocenters. The van der Waals surface area contributed by atoms with Crippen LogP contribution in [0.4, 0.5) is 0 Å². The molecule has 2 aliphatic heterocycles. The van der Waals surface area contributed by atoms with Gasteiger partial charge >= 0.3 is 5.97 Å². The largest absolute Gasteiger partial charge is 0.465 e. The van der Waals surface area contributed by atoms with Crippen molar-refractivity contribution in [2.75, 3.05) is 6.61 Å². The second-order valence-electron chi connectivity index (χ2n) is 8.45. The van der Waals surface area contributed by atoms with Crippen LogP contribution < -0.4 is 10.6 Å². The molecular formula is C25H28N4O5S. The predicted octanol–water partition coefficient (Wildman–Crippen LogP) is 3.33. The van der Waals surface area contributed by atoms with Crippen molar-refractivity contribution in [2.24, 2.45) is 10.2 Å². The van der Waals surface area contributed by atoms with E-state index in [0.717, 1.165) is 61.1 Å². The lowest BCUT2D eigenvalue weighted by Crippen LogP contribution is -2.33. The van der Waals surface area contributed by atoms with Crippen LogP contribution in [0.2, 0.25) is 0 Å². The summed E-state index contributed by atoms with van der Waals surface area (Å²) >= 11 is 0.972. The number of amides is 2. The first kappa shape index (κ1) is 24.7. The standard InChI is InChI=1S/C25H28N4O5S/c1-3-33-19(30)14-18-21(31)27-24(35-18)29-28-23-20(16(2)25(34-23)12-8-5-9-13-25)22(32)26-15-17-10-6-4-7-11-17/h4,6-7,10-11,14H,3,5,8-9,12-13,15H2,1-2H3,(H,26,32)(H,27,29,31). The van der Waals surface area contributed by atoms with Gasteiger partial charge in [-0.05, 0) is 62.4 Å². The minimum atomic E-state index is -0.605. The van der Waals surface area contributed by atoms with Gasteiger partial charge in [0.05, 0.1) is 11.5 Å². The van der Waals surface area contributed by atoms with Crippen LogP contribution >= 0.6 is 11.8 Å². The molecule has 1 spiro atoms. The van der Waals surface area contributed by atoms with Crippen LogP contribution in [-0.2, 0) is 30.4 Å². The number of hydrogen-bond donors (Lipinski definition) is 2. The lowest BCUT2D eigenvalue weighted by Gasteiger charge is -2.33. The van der Waals surface area contributed by atoms with Crippen LogP contribution in [-0.4, -0.2) is 41.1 Å². The summed E-state index contributed by atoms with van der Waals surface area (Å²) in [5.41, 5.74) is 1.66. The van der Waals surface area contributed by atoms with Gasteiger partial charge in [-0.3, -0.25) is 14.9 Å². The summed E-state index contributed by atoms with van der Waals surface area (Å²) in [6.07, 6.45) is 5.87. The maximum absolute atomic E-state index is 13.2. The van der Waals surface area contributed by atoms with Gasteiger partial charge in [0.25, 0.3) is 11.8 Å². The zero-order valence-corrected chi connectivity index (χ0v) is 20.6. The number of hydrogen-bond acceptors (Lipinski definition) is 8. The molecule has 2 fully saturated rings. The molecule has 1 saturated heterocycles. The van der Waals surface area contributed by atoms with Crippen molar-refractivity contribution in [2.45, 2.75) is 58.1 Å². The van der Waals surface area contributed by atoms with Gasteiger partial charge in [-0.2, -0.15) is 0 Å². The Hall–Kier alpha value is -3.40. The summed E-state index contributed by atoms with van der Waals surface area (Å²) < 4.78 is 11.1. The van der Waals surface area contributed by atoms with Crippen LogP contribution in [0.25, 0.3) is 0 Å². The molecular weight excluding hydrogens is 468 g/mol. The van der Waals surface area contributed by atoms with Crippen LogP contribution in [0, 0.1) is 0 Å². The van der Waals surface area contributed by atoms with E-state index in [-0.39, 0.29) is 28.5 Å². The maximum atomic E-state index is 13.2. The molecule has 0 radical (unpaired) electrons. The topological polar surface area (TPSA) is 118 Å². The fourth-order valence-electron chi connectivity index (χ4n) is 4.36. The van der Waals surface area contributed by atoms with E-state index in [9.17, 15) is 14.4 Å². The number of thioether (sulfide) groups is 1. The Labute approximate surface area is 208 Å². The fourth-order valence-corrected chi connectivity index (χ4v) is 5.09. The average molecular weight is 497 g/mol. The molecule has 2 N–H and O–H groups in total. The number of rotatable bonds is 6. The average Bonchev–Trinajstić information content (AvgIpc) is 3.33. The quantitative estimate of drug-likeness (QED) is 0.354. The van der Waals surface area contributed by atoms with Gasteiger partial charge in [-0.25, -0.2) is 4.79 Å². The number of nitrogens with one attached hydrogen (secondary N) is 2. The Morgan fingerprint density at radius 3 is 2.66 bits per heavy atom. The Kier molecular flexibility index (Phi) is 7.70. The van der Waals surface area contributed by atoms with E-state index < -0.39 is 17.5 Å². The summed E-state index contributed by atoms with van der Waals surface area (Å²) in [7, 11) is 0. The van der Waals surface area contributed by atoms with E-state index in [2.05, 4.69) is 20.8 Å². The van der Waals surface area contributed by atoms with E-state index >= 15 is 0 Å². The highest BCUT2D eigenvalue weighted by molar-refractivity contribution is 8.18. The first-order valence-electron chi connectivity index (χ1n) is 11.7. The smallest absolute Gasteiger partial charge is 0.332 e. The molecule has 1 aliphatic carbocycles. The van der Waals surface area contributed by atoms with Crippen molar-refractivity contribution in [1.29, 1.82) is 0 Å². The van der Waals surface area contributed by atoms with Gasteiger partial charge in [0.15, 0.2) is 5.17 Å². The highest BCUT2D eigenvalue weighted by Crippen LogP contribution is 2.44. The third-order valence-electron chi connectivity index (χ3n) is 6.17. The van der Waals surface area contributed by atoms with Crippen LogP contribution in [0.15, 0.2) is 62.7 Å². The molecule has 1 aromatic rings. The number of nitrogens with zero attached hydrogens (tertiary/aromatic N) is 2. The van der Waals surface area contributed by atoms with Crippen molar-refractivity contribution >= 4 is 40.6 Å². The molecule has 0 aromatic heterocycles. The molecule has 3 aliphatic rings. The Morgan fingerprint density at radius 1 is 1.20 bits per heavy atom. The van der Waals surface area contributed by atoms with E-state index in [1.165, 1.54) is 0 Å². The number of esters is 1. The first-order chi connectivity index (χ1) is 16.9. The normalized spacial score (nSPS) is 22.6. The molecule has 35 heavy (non-hydrogen) atoms. The van der Waals surface area contributed by atoms with Crippen LogP contribution in [0.3, 0.4) is 0 Å². The zero-order valence-electron chi connectivity index (χ0n) is 19.8. The van der Waals surface area contributed by atoms with Crippen LogP contribution in [0.1, 0.15) is 51.5 Å². The van der Waals surface area contributed by atoms with Gasteiger partial charge in [0, 0.05) is 12.6 Å².